The van der Waals surface area contributed by atoms with Gasteiger partial charge in [-0.3, -0.25) is 0 Å². The van der Waals surface area contributed by atoms with Crippen molar-refractivity contribution >= 4 is 34.4 Å². The van der Waals surface area contributed by atoms with Gasteiger partial charge in [-0.05, 0) is 92.1 Å². The van der Waals surface area contributed by atoms with E-state index in [4.69, 9.17) is 4.74 Å². The summed E-state index contributed by atoms with van der Waals surface area (Å²) in [6, 6.07) is 20.9. The predicted molar refractivity (Wildman–Crippen MR) is 128 cm³/mol. The molecule has 1 saturated heterocycles. The van der Waals surface area contributed by atoms with Gasteiger partial charge in [-0.25, -0.2) is 4.79 Å². The molecule has 33 heavy (non-hydrogen) atoms. The molecule has 0 bridgehead atoms. The Hall–Kier alpha value is -4.31. The first-order chi connectivity index (χ1) is 16.2. The summed E-state index contributed by atoms with van der Waals surface area (Å²) in [6.45, 7) is 4.22. The van der Waals surface area contributed by atoms with E-state index in [0.29, 0.717) is 11.4 Å². The summed E-state index contributed by atoms with van der Waals surface area (Å²) in [6.07, 6.45) is 3.67. The summed E-state index contributed by atoms with van der Waals surface area (Å²) in [5, 5.41) is 17.3. The third-order valence-corrected chi connectivity index (χ3v) is 5.21. The molecule has 1 aliphatic heterocycles. The van der Waals surface area contributed by atoms with E-state index in [1.165, 1.54) is 24.5 Å². The molecule has 0 spiro atoms. The molecule has 1 heterocycles. The van der Waals surface area contributed by atoms with Crippen LogP contribution < -0.4 is 9.64 Å². The minimum absolute atomic E-state index is 0.563. The zero-order valence-corrected chi connectivity index (χ0v) is 18.3. The second kappa shape index (κ2) is 10.8. The monoisotopic (exact) mass is 437 g/mol. The number of rotatable bonds is 7. The average molecular weight is 438 g/mol. The van der Waals surface area contributed by atoms with Gasteiger partial charge in [0.15, 0.2) is 5.94 Å². The van der Waals surface area contributed by atoms with E-state index < -0.39 is 0 Å². The predicted octanol–water partition coefficient (Wildman–Crippen LogP) is 7.31. The average Bonchev–Trinajstić information content (AvgIpc) is 3.39. The molecule has 7 heteroatoms. The summed E-state index contributed by atoms with van der Waals surface area (Å²) in [5.74, 6) is 2.06. The Bertz CT molecular complexity index is 1230. The SMILES string of the molecule is Cc1cc(/N=N/c2ccc(OC=C=C=O)cc2)ccc1/N=N/c1ccc(N2CCCC2)cc1. The number of aryl methyl sites for hydroxylation is 1. The van der Waals surface area contributed by atoms with Gasteiger partial charge in [-0.2, -0.15) is 20.5 Å². The van der Waals surface area contributed by atoms with Crippen LogP contribution in [-0.2, 0) is 4.79 Å². The van der Waals surface area contributed by atoms with Crippen molar-refractivity contribution in [1.82, 2.24) is 0 Å². The molecule has 0 aliphatic carbocycles. The number of hydrogen-bond acceptors (Lipinski definition) is 7. The van der Waals surface area contributed by atoms with Crippen LogP contribution in [0.1, 0.15) is 18.4 Å². The maximum absolute atomic E-state index is 10.1. The lowest BCUT2D eigenvalue weighted by Crippen LogP contribution is -2.17. The van der Waals surface area contributed by atoms with Gasteiger partial charge >= 0.3 is 0 Å². The first-order valence-corrected chi connectivity index (χ1v) is 10.7. The largest absolute Gasteiger partial charge is 0.456 e. The molecule has 7 nitrogen and oxygen atoms in total. The second-order valence-corrected chi connectivity index (χ2v) is 7.56. The van der Waals surface area contributed by atoms with Crippen LogP contribution in [0.25, 0.3) is 0 Å². The van der Waals surface area contributed by atoms with Gasteiger partial charge in [-0.15, -0.1) is 0 Å². The number of anilines is 1. The van der Waals surface area contributed by atoms with Crippen molar-refractivity contribution in [2.45, 2.75) is 19.8 Å². The van der Waals surface area contributed by atoms with Crippen molar-refractivity contribution in [3.8, 4) is 5.75 Å². The molecular formula is C26H23N5O2. The van der Waals surface area contributed by atoms with Crippen LogP contribution in [0.3, 0.4) is 0 Å². The topological polar surface area (TPSA) is 79.0 Å². The number of benzene rings is 3. The molecule has 4 rings (SSSR count). The normalized spacial score (nSPS) is 13.3. The van der Waals surface area contributed by atoms with Gasteiger partial charge in [0.05, 0.1) is 22.7 Å². The van der Waals surface area contributed by atoms with E-state index in [9.17, 15) is 4.79 Å². The minimum atomic E-state index is 0.563. The summed E-state index contributed by atoms with van der Waals surface area (Å²) >= 11 is 0. The summed E-state index contributed by atoms with van der Waals surface area (Å²) in [7, 11) is 0. The standard InChI is InChI=1S/C26H23N5O2/c1-20-19-23(29-27-22-7-12-25(13-8-22)33-18-4-17-32)9-14-26(20)30-28-21-5-10-24(11-6-21)31-15-2-3-16-31/h5-14,18-19H,2-3,15-16H2,1H3/b29-27+,30-28+. The van der Waals surface area contributed by atoms with E-state index in [2.05, 4.69) is 43.2 Å². The molecule has 0 N–H and O–H groups in total. The van der Waals surface area contributed by atoms with Gasteiger partial charge in [-0.1, -0.05) is 0 Å². The Labute approximate surface area is 192 Å². The Kier molecular flexibility index (Phi) is 7.18. The van der Waals surface area contributed by atoms with E-state index in [1.807, 2.05) is 37.3 Å². The molecule has 3 aromatic carbocycles. The number of nitrogens with zero attached hydrogens (tertiary/aromatic N) is 5. The van der Waals surface area contributed by atoms with Crippen molar-refractivity contribution in [2.24, 2.45) is 20.5 Å². The summed E-state index contributed by atoms with van der Waals surface area (Å²) in [5.41, 5.74) is 7.40. The number of hydrogen-bond donors (Lipinski definition) is 0. The molecule has 0 saturated carbocycles. The highest BCUT2D eigenvalue weighted by atomic mass is 16.5. The van der Waals surface area contributed by atoms with E-state index in [-0.39, 0.29) is 0 Å². The molecule has 164 valence electrons. The molecule has 0 atom stereocenters. The number of ether oxygens (including phenoxy) is 1. The highest BCUT2D eigenvalue weighted by molar-refractivity contribution is 5.56. The van der Waals surface area contributed by atoms with Crippen LogP contribution in [0.4, 0.5) is 28.4 Å². The van der Waals surface area contributed by atoms with E-state index in [1.54, 1.807) is 24.3 Å². The maximum atomic E-state index is 10.1. The van der Waals surface area contributed by atoms with Gasteiger partial charge in [0.25, 0.3) is 0 Å². The first-order valence-electron chi connectivity index (χ1n) is 10.7. The van der Waals surface area contributed by atoms with Crippen molar-refractivity contribution in [1.29, 1.82) is 0 Å². The lowest BCUT2D eigenvalue weighted by Gasteiger charge is -2.17. The van der Waals surface area contributed by atoms with Gasteiger partial charge in [0, 0.05) is 24.5 Å². The van der Waals surface area contributed by atoms with E-state index >= 15 is 0 Å². The van der Waals surface area contributed by atoms with Gasteiger partial charge in [0.1, 0.15) is 12.0 Å². The van der Waals surface area contributed by atoms with E-state index in [0.717, 1.165) is 42.0 Å². The number of carbonyl (C=O) groups excluding carboxylic acids is 1. The Morgan fingerprint density at radius 2 is 1.42 bits per heavy atom. The minimum Gasteiger partial charge on any atom is -0.456 e. The van der Waals surface area contributed by atoms with Crippen molar-refractivity contribution < 1.29 is 9.53 Å². The second-order valence-electron chi connectivity index (χ2n) is 7.56. The number of azo groups is 2. The highest BCUT2D eigenvalue weighted by Crippen LogP contribution is 2.29. The zero-order valence-electron chi connectivity index (χ0n) is 18.3. The molecule has 1 aliphatic rings. The highest BCUT2D eigenvalue weighted by Gasteiger charge is 2.11. The molecule has 0 radical (unpaired) electrons. The smallest absolute Gasteiger partial charge is 0.180 e. The fourth-order valence-corrected chi connectivity index (χ4v) is 3.46. The van der Waals surface area contributed by atoms with Crippen LogP contribution in [0, 0.1) is 6.92 Å². The molecular weight excluding hydrogens is 414 g/mol. The molecule has 0 aromatic heterocycles. The summed E-state index contributed by atoms with van der Waals surface area (Å²) < 4.78 is 5.18. The Morgan fingerprint density at radius 1 is 0.818 bits per heavy atom. The third kappa shape index (κ3) is 6.11. The molecule has 0 amide bonds. The Balaban J connectivity index is 1.38. The van der Waals surface area contributed by atoms with Crippen LogP contribution in [0.15, 0.2) is 99.2 Å². The lowest BCUT2D eigenvalue weighted by atomic mass is 10.2. The fraction of sp³-hybridized carbons (Fsp3) is 0.192. The quantitative estimate of drug-likeness (QED) is 0.168. The molecule has 1 fully saturated rings. The summed E-state index contributed by atoms with van der Waals surface area (Å²) in [4.78, 5) is 12.5. The third-order valence-electron chi connectivity index (χ3n) is 5.21. The zero-order chi connectivity index (χ0) is 22.9. The lowest BCUT2D eigenvalue weighted by molar-refractivity contribution is 0.482. The molecule has 0 unspecified atom stereocenters. The van der Waals surface area contributed by atoms with Crippen molar-refractivity contribution in [3.05, 3.63) is 84.3 Å². The fourth-order valence-electron chi connectivity index (χ4n) is 3.46. The first kappa shape index (κ1) is 21.9. The van der Waals surface area contributed by atoms with Crippen LogP contribution in [0.2, 0.25) is 0 Å². The Morgan fingerprint density at radius 3 is 2.09 bits per heavy atom. The van der Waals surface area contributed by atoms with Crippen LogP contribution >= 0.6 is 0 Å². The van der Waals surface area contributed by atoms with Crippen molar-refractivity contribution in [3.63, 3.8) is 0 Å². The van der Waals surface area contributed by atoms with Crippen LogP contribution in [0.5, 0.6) is 5.75 Å². The van der Waals surface area contributed by atoms with Crippen LogP contribution in [-0.4, -0.2) is 19.0 Å². The maximum Gasteiger partial charge on any atom is 0.180 e. The van der Waals surface area contributed by atoms with Gasteiger partial charge in [0.2, 0.25) is 0 Å². The van der Waals surface area contributed by atoms with Crippen molar-refractivity contribution in [2.75, 3.05) is 18.0 Å². The van der Waals surface area contributed by atoms with Gasteiger partial charge < -0.3 is 9.64 Å². The molecule has 3 aromatic rings.